The molecular weight excluding hydrogens is 356 g/mol. The van der Waals surface area contributed by atoms with Gasteiger partial charge < -0.3 is 9.64 Å². The molecule has 2 aromatic rings. The highest BCUT2D eigenvalue weighted by Gasteiger charge is 2.29. The van der Waals surface area contributed by atoms with E-state index in [-0.39, 0.29) is 43.2 Å². The van der Waals surface area contributed by atoms with Crippen LogP contribution in [0.1, 0.15) is 40.4 Å². The average Bonchev–Trinajstić information content (AvgIpc) is 3.06. The Bertz CT molecular complexity index is 863. The van der Waals surface area contributed by atoms with Crippen molar-refractivity contribution in [1.29, 1.82) is 0 Å². The van der Waals surface area contributed by atoms with E-state index in [1.165, 1.54) is 4.90 Å². The molecule has 3 amide bonds. The lowest BCUT2D eigenvalue weighted by Gasteiger charge is -2.33. The molecule has 0 N–H and O–H groups in total. The zero-order valence-electron chi connectivity index (χ0n) is 15.5. The second-order valence-corrected chi connectivity index (χ2v) is 7.09. The van der Waals surface area contributed by atoms with Crippen molar-refractivity contribution in [2.45, 2.75) is 25.5 Å². The molecule has 0 radical (unpaired) electrons. The Morgan fingerprint density at radius 1 is 0.964 bits per heavy atom. The maximum Gasteiger partial charge on any atom is 0.254 e. The minimum atomic E-state index is -0.134. The average molecular weight is 378 g/mol. The molecule has 0 aliphatic carbocycles. The minimum Gasteiger partial charge on any atom is -0.370 e. The second-order valence-electron chi connectivity index (χ2n) is 7.09. The molecule has 2 heterocycles. The van der Waals surface area contributed by atoms with Gasteiger partial charge in [-0.25, -0.2) is 0 Å². The largest absolute Gasteiger partial charge is 0.370 e. The molecule has 1 atom stereocenters. The van der Waals surface area contributed by atoms with Crippen molar-refractivity contribution >= 4 is 17.7 Å². The molecule has 2 fully saturated rings. The summed E-state index contributed by atoms with van der Waals surface area (Å²) in [4.78, 5) is 39.5. The third kappa shape index (κ3) is 3.82. The van der Waals surface area contributed by atoms with Crippen molar-refractivity contribution in [3.05, 3.63) is 71.3 Å². The van der Waals surface area contributed by atoms with E-state index in [9.17, 15) is 14.4 Å². The van der Waals surface area contributed by atoms with Crippen LogP contribution in [0.15, 0.2) is 54.6 Å². The molecule has 2 saturated heterocycles. The quantitative estimate of drug-likeness (QED) is 0.767. The van der Waals surface area contributed by atoms with Gasteiger partial charge in [-0.3, -0.25) is 19.3 Å². The van der Waals surface area contributed by atoms with E-state index in [4.69, 9.17) is 4.74 Å². The van der Waals surface area contributed by atoms with Crippen molar-refractivity contribution in [3.8, 4) is 0 Å². The first-order chi connectivity index (χ1) is 13.6. The van der Waals surface area contributed by atoms with Gasteiger partial charge in [0.25, 0.3) is 5.91 Å². The van der Waals surface area contributed by atoms with Gasteiger partial charge in [0.05, 0.1) is 19.7 Å². The van der Waals surface area contributed by atoms with Crippen LogP contribution in [0, 0.1) is 0 Å². The van der Waals surface area contributed by atoms with Crippen LogP contribution < -0.4 is 0 Å². The van der Waals surface area contributed by atoms with Gasteiger partial charge in [-0.05, 0) is 23.3 Å². The topological polar surface area (TPSA) is 66.9 Å². The van der Waals surface area contributed by atoms with Gasteiger partial charge in [-0.15, -0.1) is 0 Å². The van der Waals surface area contributed by atoms with Gasteiger partial charge in [0.15, 0.2) is 0 Å². The summed E-state index contributed by atoms with van der Waals surface area (Å²) in [5.74, 6) is -0.306. The number of hydrogen-bond donors (Lipinski definition) is 0. The first-order valence-electron chi connectivity index (χ1n) is 9.50. The summed E-state index contributed by atoms with van der Waals surface area (Å²) in [7, 11) is 0. The Kier molecular flexibility index (Phi) is 5.21. The first-order valence-corrected chi connectivity index (χ1v) is 9.50. The normalized spacial score (nSPS) is 19.9. The Morgan fingerprint density at radius 3 is 2.32 bits per heavy atom. The summed E-state index contributed by atoms with van der Waals surface area (Å²) in [6.45, 7) is 1.84. The maximum atomic E-state index is 12.9. The van der Waals surface area contributed by atoms with Crippen molar-refractivity contribution in [1.82, 2.24) is 9.80 Å². The van der Waals surface area contributed by atoms with E-state index in [1.807, 2.05) is 35.2 Å². The molecule has 0 saturated carbocycles. The number of benzene rings is 2. The molecule has 0 bridgehead atoms. The number of carbonyl (C=O) groups excluding carboxylic acids is 3. The van der Waals surface area contributed by atoms with Crippen LogP contribution in [0.2, 0.25) is 0 Å². The molecule has 1 unspecified atom stereocenters. The van der Waals surface area contributed by atoms with E-state index in [0.717, 1.165) is 11.1 Å². The number of nitrogens with zero attached hydrogens (tertiary/aromatic N) is 2. The molecule has 6 nitrogen and oxygen atoms in total. The predicted octanol–water partition coefficient (Wildman–Crippen LogP) is 2.55. The summed E-state index contributed by atoms with van der Waals surface area (Å²) in [6, 6.07) is 17.0. The number of morpholine rings is 1. The first kappa shape index (κ1) is 18.4. The van der Waals surface area contributed by atoms with E-state index in [0.29, 0.717) is 25.3 Å². The summed E-state index contributed by atoms with van der Waals surface area (Å²) >= 11 is 0. The number of hydrogen-bond acceptors (Lipinski definition) is 4. The molecular formula is C22H22N2O4. The van der Waals surface area contributed by atoms with Gasteiger partial charge in [-0.1, -0.05) is 42.5 Å². The molecule has 2 aliphatic heterocycles. The summed E-state index contributed by atoms with van der Waals surface area (Å²) in [6.07, 6.45) is 0.453. The fraction of sp³-hybridized carbons (Fsp3) is 0.318. The number of carbonyl (C=O) groups is 3. The minimum absolute atomic E-state index is 0.0379. The van der Waals surface area contributed by atoms with Gasteiger partial charge in [0.1, 0.15) is 6.10 Å². The van der Waals surface area contributed by atoms with Crippen LogP contribution in [-0.2, 0) is 20.9 Å². The van der Waals surface area contributed by atoms with E-state index < -0.39 is 0 Å². The molecule has 28 heavy (non-hydrogen) atoms. The predicted molar refractivity (Wildman–Crippen MR) is 102 cm³/mol. The standard InChI is InChI=1S/C22H22N2O4/c25-20-10-11-21(26)24(20)14-16-6-8-18(9-7-16)22(27)23-12-13-28-19(15-23)17-4-2-1-3-5-17/h1-9,19H,10-15H2. The van der Waals surface area contributed by atoms with E-state index in [1.54, 1.807) is 24.3 Å². The number of amides is 3. The zero-order chi connectivity index (χ0) is 19.5. The molecule has 6 heteroatoms. The van der Waals surface area contributed by atoms with Crippen LogP contribution in [-0.4, -0.2) is 47.2 Å². The lowest BCUT2D eigenvalue weighted by molar-refractivity contribution is -0.139. The van der Waals surface area contributed by atoms with Gasteiger partial charge in [0.2, 0.25) is 11.8 Å². The number of imide groups is 1. The van der Waals surface area contributed by atoms with Crippen LogP contribution in [0.3, 0.4) is 0 Å². The Morgan fingerprint density at radius 2 is 1.64 bits per heavy atom. The number of rotatable bonds is 4. The Balaban J connectivity index is 1.42. The molecule has 2 aromatic carbocycles. The third-order valence-corrected chi connectivity index (χ3v) is 5.22. The monoisotopic (exact) mass is 378 g/mol. The number of ether oxygens (including phenoxy) is 1. The van der Waals surface area contributed by atoms with Crippen molar-refractivity contribution in [2.75, 3.05) is 19.7 Å². The third-order valence-electron chi connectivity index (χ3n) is 5.22. The van der Waals surface area contributed by atoms with Crippen LogP contribution in [0.25, 0.3) is 0 Å². The maximum absolute atomic E-state index is 12.9. The summed E-state index contributed by atoms with van der Waals surface area (Å²) in [5.41, 5.74) is 2.50. The summed E-state index contributed by atoms with van der Waals surface area (Å²) < 4.78 is 5.83. The van der Waals surface area contributed by atoms with Crippen LogP contribution in [0.4, 0.5) is 0 Å². The Labute approximate surface area is 163 Å². The highest BCUT2D eigenvalue weighted by atomic mass is 16.5. The van der Waals surface area contributed by atoms with Crippen molar-refractivity contribution in [2.24, 2.45) is 0 Å². The number of likely N-dealkylation sites (tertiary alicyclic amines) is 1. The fourth-order valence-electron chi connectivity index (χ4n) is 3.62. The molecule has 4 rings (SSSR count). The zero-order valence-corrected chi connectivity index (χ0v) is 15.5. The van der Waals surface area contributed by atoms with Crippen molar-refractivity contribution < 1.29 is 19.1 Å². The van der Waals surface area contributed by atoms with Crippen LogP contribution >= 0.6 is 0 Å². The van der Waals surface area contributed by atoms with Gasteiger partial charge in [-0.2, -0.15) is 0 Å². The Hall–Kier alpha value is -2.99. The lowest BCUT2D eigenvalue weighted by Crippen LogP contribution is -2.42. The van der Waals surface area contributed by atoms with E-state index in [2.05, 4.69) is 0 Å². The molecule has 144 valence electrons. The van der Waals surface area contributed by atoms with Crippen molar-refractivity contribution in [3.63, 3.8) is 0 Å². The van der Waals surface area contributed by atoms with Gasteiger partial charge in [0, 0.05) is 24.9 Å². The highest BCUT2D eigenvalue weighted by molar-refractivity contribution is 6.01. The highest BCUT2D eigenvalue weighted by Crippen LogP contribution is 2.23. The lowest BCUT2D eigenvalue weighted by atomic mass is 10.1. The van der Waals surface area contributed by atoms with Gasteiger partial charge >= 0.3 is 0 Å². The SMILES string of the molecule is O=C(c1ccc(CN2C(=O)CCC2=O)cc1)N1CCOC(c2ccccc2)C1. The molecule has 0 aromatic heterocycles. The molecule has 0 spiro atoms. The summed E-state index contributed by atoms with van der Waals surface area (Å²) in [5, 5.41) is 0. The fourth-order valence-corrected chi connectivity index (χ4v) is 3.62. The van der Waals surface area contributed by atoms with Crippen LogP contribution in [0.5, 0.6) is 0 Å². The second kappa shape index (κ2) is 7.94. The smallest absolute Gasteiger partial charge is 0.254 e. The molecule has 2 aliphatic rings. The van der Waals surface area contributed by atoms with E-state index >= 15 is 0 Å².